The van der Waals surface area contributed by atoms with Gasteiger partial charge in [-0.3, -0.25) is 14.3 Å². The molecule has 1 atom stereocenters. The zero-order valence-corrected chi connectivity index (χ0v) is 11.6. The van der Waals surface area contributed by atoms with Crippen LogP contribution in [0.15, 0.2) is 36.7 Å². The van der Waals surface area contributed by atoms with Crippen molar-refractivity contribution < 1.29 is 9.59 Å². The topological polar surface area (TPSA) is 116 Å². The van der Waals surface area contributed by atoms with Crippen molar-refractivity contribution in [3.8, 4) is 0 Å². The molecule has 0 aliphatic rings. The van der Waals surface area contributed by atoms with Crippen LogP contribution in [-0.4, -0.2) is 21.6 Å². The van der Waals surface area contributed by atoms with Gasteiger partial charge in [-0.05, 0) is 17.7 Å². The van der Waals surface area contributed by atoms with Crippen molar-refractivity contribution in [1.29, 1.82) is 0 Å². The highest BCUT2D eigenvalue weighted by Crippen LogP contribution is 2.09. The maximum atomic E-state index is 12.0. The van der Waals surface area contributed by atoms with Gasteiger partial charge in [-0.2, -0.15) is 5.10 Å². The third kappa shape index (κ3) is 3.67. The van der Waals surface area contributed by atoms with Crippen LogP contribution in [0.3, 0.4) is 0 Å². The molecule has 5 N–H and O–H groups in total. The fourth-order valence-corrected chi connectivity index (χ4v) is 1.89. The molecular formula is C14H17N5O2. The van der Waals surface area contributed by atoms with Crippen molar-refractivity contribution in [2.75, 3.05) is 0 Å². The summed E-state index contributed by atoms with van der Waals surface area (Å²) in [7, 11) is 1.75. The van der Waals surface area contributed by atoms with Crippen LogP contribution < -0.4 is 16.8 Å². The molecule has 1 aromatic heterocycles. The summed E-state index contributed by atoms with van der Waals surface area (Å²) >= 11 is 0. The van der Waals surface area contributed by atoms with E-state index in [0.717, 1.165) is 5.56 Å². The summed E-state index contributed by atoms with van der Waals surface area (Å²) in [6.45, 7) is 0.272. The van der Waals surface area contributed by atoms with E-state index in [9.17, 15) is 9.59 Å². The van der Waals surface area contributed by atoms with Gasteiger partial charge in [-0.25, -0.2) is 0 Å². The highest BCUT2D eigenvalue weighted by molar-refractivity contribution is 5.92. The maximum Gasteiger partial charge on any atom is 0.248 e. The van der Waals surface area contributed by atoms with Crippen LogP contribution in [0, 0.1) is 0 Å². The summed E-state index contributed by atoms with van der Waals surface area (Å²) in [6.07, 6.45) is 3.25. The van der Waals surface area contributed by atoms with Crippen molar-refractivity contribution in [3.63, 3.8) is 0 Å². The Balaban J connectivity index is 1.97. The fourth-order valence-electron chi connectivity index (χ4n) is 1.89. The molecule has 21 heavy (non-hydrogen) atoms. The Morgan fingerprint density at radius 3 is 2.81 bits per heavy atom. The number of carbonyl (C=O) groups is 2. The van der Waals surface area contributed by atoms with Gasteiger partial charge in [-0.1, -0.05) is 12.1 Å². The minimum atomic E-state index is -0.780. The van der Waals surface area contributed by atoms with Crippen LogP contribution in [0.4, 0.5) is 0 Å². The Morgan fingerprint density at radius 1 is 1.43 bits per heavy atom. The van der Waals surface area contributed by atoms with Gasteiger partial charge in [0, 0.05) is 30.9 Å². The number of nitrogens with two attached hydrogens (primary N) is 2. The standard InChI is InChI=1S/C14H17N5O2/c1-19-8-11(7-18-19)12(15)14(21)17-6-9-3-2-4-10(5-9)13(16)20/h2-5,7-8,12H,6,15H2,1H3,(H2,16,20)(H,17,21). The van der Waals surface area contributed by atoms with Crippen LogP contribution >= 0.6 is 0 Å². The van der Waals surface area contributed by atoms with Gasteiger partial charge in [0.15, 0.2) is 0 Å². The first-order valence-electron chi connectivity index (χ1n) is 6.38. The number of nitrogens with zero attached hydrogens (tertiary/aromatic N) is 2. The van der Waals surface area contributed by atoms with Crippen molar-refractivity contribution in [2.24, 2.45) is 18.5 Å². The molecule has 0 aliphatic heterocycles. The second kappa shape index (κ2) is 6.19. The Labute approximate surface area is 121 Å². The predicted molar refractivity (Wildman–Crippen MR) is 76.9 cm³/mol. The third-order valence-corrected chi connectivity index (χ3v) is 3.04. The Kier molecular flexibility index (Phi) is 4.34. The van der Waals surface area contributed by atoms with Gasteiger partial charge < -0.3 is 16.8 Å². The van der Waals surface area contributed by atoms with Crippen LogP contribution in [0.2, 0.25) is 0 Å². The molecule has 0 radical (unpaired) electrons. The maximum absolute atomic E-state index is 12.0. The van der Waals surface area contributed by atoms with E-state index < -0.39 is 11.9 Å². The third-order valence-electron chi connectivity index (χ3n) is 3.04. The molecule has 0 aliphatic carbocycles. The Bertz CT molecular complexity index is 665. The summed E-state index contributed by atoms with van der Waals surface area (Å²) in [5, 5.41) is 6.69. The summed E-state index contributed by atoms with van der Waals surface area (Å²) in [6, 6.07) is 5.98. The Morgan fingerprint density at radius 2 is 2.19 bits per heavy atom. The van der Waals surface area contributed by atoms with Gasteiger partial charge in [-0.15, -0.1) is 0 Å². The number of aromatic nitrogens is 2. The predicted octanol–water partition coefficient (Wildman–Crippen LogP) is -0.165. The summed E-state index contributed by atoms with van der Waals surface area (Å²) in [4.78, 5) is 23.1. The molecule has 0 fully saturated rings. The lowest BCUT2D eigenvalue weighted by Crippen LogP contribution is -2.33. The van der Waals surface area contributed by atoms with E-state index in [1.165, 1.54) is 0 Å². The van der Waals surface area contributed by atoms with Gasteiger partial charge in [0.1, 0.15) is 6.04 Å². The first-order chi connectivity index (χ1) is 9.97. The highest BCUT2D eigenvalue weighted by Gasteiger charge is 2.16. The lowest BCUT2D eigenvalue weighted by atomic mass is 10.1. The average Bonchev–Trinajstić information content (AvgIpc) is 2.90. The average molecular weight is 287 g/mol. The summed E-state index contributed by atoms with van der Waals surface area (Å²) in [5.41, 5.74) is 12.9. The van der Waals surface area contributed by atoms with Crippen LogP contribution in [0.1, 0.15) is 27.5 Å². The molecule has 0 saturated carbocycles. The smallest absolute Gasteiger partial charge is 0.248 e. The number of aryl methyl sites for hydroxylation is 1. The van der Waals surface area contributed by atoms with Crippen molar-refractivity contribution in [2.45, 2.75) is 12.6 Å². The molecule has 2 rings (SSSR count). The second-order valence-corrected chi connectivity index (χ2v) is 4.71. The zero-order valence-electron chi connectivity index (χ0n) is 11.6. The normalized spacial score (nSPS) is 11.9. The van der Waals surface area contributed by atoms with E-state index in [0.29, 0.717) is 11.1 Å². The number of hydrogen-bond donors (Lipinski definition) is 3. The first-order valence-corrected chi connectivity index (χ1v) is 6.38. The number of amides is 2. The minimum absolute atomic E-state index is 0.272. The first kappa shape index (κ1) is 14.7. The van der Waals surface area contributed by atoms with Crippen molar-refractivity contribution >= 4 is 11.8 Å². The van der Waals surface area contributed by atoms with E-state index in [4.69, 9.17) is 11.5 Å². The second-order valence-electron chi connectivity index (χ2n) is 4.71. The molecule has 7 nitrogen and oxygen atoms in total. The van der Waals surface area contributed by atoms with E-state index in [-0.39, 0.29) is 12.5 Å². The van der Waals surface area contributed by atoms with Crippen LogP contribution in [-0.2, 0) is 18.4 Å². The van der Waals surface area contributed by atoms with Gasteiger partial charge in [0.05, 0.1) is 6.20 Å². The molecule has 1 heterocycles. The van der Waals surface area contributed by atoms with E-state index in [1.807, 2.05) is 0 Å². The van der Waals surface area contributed by atoms with Crippen molar-refractivity contribution in [1.82, 2.24) is 15.1 Å². The van der Waals surface area contributed by atoms with Crippen LogP contribution in [0.5, 0.6) is 0 Å². The van der Waals surface area contributed by atoms with Gasteiger partial charge >= 0.3 is 0 Å². The number of hydrogen-bond acceptors (Lipinski definition) is 4. The highest BCUT2D eigenvalue weighted by atomic mass is 16.2. The lowest BCUT2D eigenvalue weighted by Gasteiger charge is -2.11. The SMILES string of the molecule is Cn1cc(C(N)C(=O)NCc2cccc(C(N)=O)c2)cn1. The van der Waals surface area contributed by atoms with Gasteiger partial charge in [0.2, 0.25) is 11.8 Å². The number of carbonyl (C=O) groups excluding carboxylic acids is 2. The molecule has 0 spiro atoms. The number of rotatable bonds is 5. The number of benzene rings is 1. The summed E-state index contributed by atoms with van der Waals surface area (Å²) in [5.74, 6) is -0.817. The molecule has 1 unspecified atom stereocenters. The number of primary amides is 1. The zero-order chi connectivity index (χ0) is 15.4. The van der Waals surface area contributed by atoms with E-state index in [2.05, 4.69) is 10.4 Å². The Hall–Kier alpha value is -2.67. The molecule has 0 bridgehead atoms. The largest absolute Gasteiger partial charge is 0.366 e. The van der Waals surface area contributed by atoms with Crippen molar-refractivity contribution in [3.05, 3.63) is 53.3 Å². The fraction of sp³-hybridized carbons (Fsp3) is 0.214. The molecule has 110 valence electrons. The minimum Gasteiger partial charge on any atom is -0.366 e. The van der Waals surface area contributed by atoms with Crippen LogP contribution in [0.25, 0.3) is 0 Å². The molecule has 0 saturated heterocycles. The molecule has 2 aromatic rings. The number of nitrogens with one attached hydrogen (secondary N) is 1. The quantitative estimate of drug-likeness (QED) is 0.708. The van der Waals surface area contributed by atoms with Gasteiger partial charge in [0.25, 0.3) is 0 Å². The monoisotopic (exact) mass is 287 g/mol. The molecule has 1 aromatic carbocycles. The van der Waals surface area contributed by atoms with E-state index >= 15 is 0 Å². The van der Waals surface area contributed by atoms with E-state index in [1.54, 1.807) is 48.4 Å². The summed E-state index contributed by atoms with van der Waals surface area (Å²) < 4.78 is 1.58. The molecular weight excluding hydrogens is 270 g/mol. The lowest BCUT2D eigenvalue weighted by molar-refractivity contribution is -0.122. The molecule has 7 heteroatoms. The molecule has 2 amide bonds.